The predicted octanol–water partition coefficient (Wildman–Crippen LogP) is 1.40. The Morgan fingerprint density at radius 1 is 1.63 bits per heavy atom. The number of pyridine rings is 1. The minimum Gasteiger partial charge on any atom is -0.366 e. The first-order valence-corrected chi connectivity index (χ1v) is 6.17. The van der Waals surface area contributed by atoms with E-state index in [1.165, 1.54) is 6.07 Å². The molecule has 1 fully saturated rings. The van der Waals surface area contributed by atoms with Crippen LogP contribution in [0.2, 0.25) is 0 Å². The fraction of sp³-hybridized carbons (Fsp3) is 0.500. The van der Waals surface area contributed by atoms with Crippen molar-refractivity contribution in [3.05, 3.63) is 27.9 Å². The van der Waals surface area contributed by atoms with Gasteiger partial charge in [0.1, 0.15) is 23.6 Å². The van der Waals surface area contributed by atoms with Crippen LogP contribution in [0.5, 0.6) is 0 Å². The van der Waals surface area contributed by atoms with Crippen molar-refractivity contribution in [3.63, 3.8) is 0 Å². The highest BCUT2D eigenvalue weighted by Crippen LogP contribution is 2.28. The van der Waals surface area contributed by atoms with Crippen LogP contribution in [-0.2, 0) is 0 Å². The molecule has 0 aliphatic heterocycles. The summed E-state index contributed by atoms with van der Waals surface area (Å²) in [5, 5.41) is 22.9. The Hall–Kier alpha value is -2.20. The van der Waals surface area contributed by atoms with Gasteiger partial charge in [-0.2, -0.15) is 5.26 Å². The van der Waals surface area contributed by atoms with Gasteiger partial charge in [-0.25, -0.2) is 4.98 Å². The molecule has 0 bridgehead atoms. The largest absolute Gasteiger partial charge is 0.366 e. The Morgan fingerprint density at radius 2 is 2.42 bits per heavy atom. The summed E-state index contributed by atoms with van der Waals surface area (Å²) in [7, 11) is 0. The van der Waals surface area contributed by atoms with E-state index in [-0.39, 0.29) is 17.3 Å². The molecule has 19 heavy (non-hydrogen) atoms. The van der Waals surface area contributed by atoms with Crippen molar-refractivity contribution in [1.29, 1.82) is 5.26 Å². The van der Waals surface area contributed by atoms with Gasteiger partial charge in [-0.15, -0.1) is 0 Å². The molecule has 1 aliphatic rings. The molecule has 1 saturated carbocycles. The van der Waals surface area contributed by atoms with Crippen LogP contribution in [0.15, 0.2) is 12.3 Å². The maximum atomic E-state index is 10.6. The highest BCUT2D eigenvalue weighted by atomic mass is 16.6. The van der Waals surface area contributed by atoms with Gasteiger partial charge in [-0.1, -0.05) is 6.42 Å². The molecule has 2 unspecified atom stereocenters. The minimum absolute atomic E-state index is 0.177. The standard InChI is InChI=1S/C12H15N5O2/c13-5-8-2-1-3-11(8)16-12-9(6-14)4-10(7-15-12)17(18)19/h4,7-8,11H,1-3,5,13H2,(H,15,16). The zero-order valence-corrected chi connectivity index (χ0v) is 10.4. The molecular weight excluding hydrogens is 246 g/mol. The normalized spacial score (nSPS) is 21.9. The second-order valence-electron chi connectivity index (χ2n) is 4.64. The van der Waals surface area contributed by atoms with Gasteiger partial charge >= 0.3 is 0 Å². The number of nitro groups is 1. The summed E-state index contributed by atoms with van der Waals surface area (Å²) in [6.45, 7) is 0.590. The number of aromatic nitrogens is 1. The van der Waals surface area contributed by atoms with Gasteiger partial charge in [0.15, 0.2) is 0 Å². The molecule has 1 aromatic heterocycles. The predicted molar refractivity (Wildman–Crippen MR) is 69.4 cm³/mol. The van der Waals surface area contributed by atoms with E-state index in [0.717, 1.165) is 25.5 Å². The highest BCUT2D eigenvalue weighted by Gasteiger charge is 2.27. The summed E-state index contributed by atoms with van der Waals surface area (Å²) in [5.41, 5.74) is 5.71. The Balaban J connectivity index is 2.21. The van der Waals surface area contributed by atoms with Crippen LogP contribution < -0.4 is 11.1 Å². The zero-order valence-electron chi connectivity index (χ0n) is 10.4. The van der Waals surface area contributed by atoms with Gasteiger partial charge in [0.2, 0.25) is 0 Å². The average Bonchev–Trinajstić information content (AvgIpc) is 2.86. The van der Waals surface area contributed by atoms with Crippen LogP contribution in [0.1, 0.15) is 24.8 Å². The lowest BCUT2D eigenvalue weighted by molar-refractivity contribution is -0.385. The first-order valence-electron chi connectivity index (χ1n) is 6.17. The molecule has 0 aromatic carbocycles. The molecule has 0 amide bonds. The van der Waals surface area contributed by atoms with Crippen molar-refractivity contribution < 1.29 is 4.92 Å². The maximum Gasteiger partial charge on any atom is 0.289 e. The van der Waals surface area contributed by atoms with E-state index in [2.05, 4.69) is 10.3 Å². The van der Waals surface area contributed by atoms with Crippen LogP contribution in [0.25, 0.3) is 0 Å². The van der Waals surface area contributed by atoms with Crippen LogP contribution in [0.3, 0.4) is 0 Å². The molecule has 0 saturated heterocycles. The second kappa shape index (κ2) is 5.63. The number of nitriles is 1. The zero-order chi connectivity index (χ0) is 13.8. The molecule has 2 atom stereocenters. The summed E-state index contributed by atoms with van der Waals surface area (Å²) in [4.78, 5) is 14.1. The highest BCUT2D eigenvalue weighted by molar-refractivity contribution is 5.56. The van der Waals surface area contributed by atoms with Crippen molar-refractivity contribution >= 4 is 11.5 Å². The molecular formula is C12H15N5O2. The average molecular weight is 261 g/mol. The monoisotopic (exact) mass is 261 g/mol. The van der Waals surface area contributed by atoms with Crippen LogP contribution >= 0.6 is 0 Å². The molecule has 1 aromatic rings. The molecule has 100 valence electrons. The smallest absolute Gasteiger partial charge is 0.289 e. The number of nitrogens with two attached hydrogens (primary N) is 1. The fourth-order valence-corrected chi connectivity index (χ4v) is 2.44. The number of nitrogens with zero attached hydrogens (tertiary/aromatic N) is 3. The maximum absolute atomic E-state index is 10.6. The first kappa shape index (κ1) is 13.2. The molecule has 7 nitrogen and oxygen atoms in total. The van der Waals surface area contributed by atoms with E-state index < -0.39 is 4.92 Å². The molecule has 7 heteroatoms. The van der Waals surface area contributed by atoms with Gasteiger partial charge in [-0.05, 0) is 25.3 Å². The molecule has 1 aliphatic carbocycles. The summed E-state index contributed by atoms with van der Waals surface area (Å²) >= 11 is 0. The molecule has 1 heterocycles. The topological polar surface area (TPSA) is 118 Å². The summed E-state index contributed by atoms with van der Waals surface area (Å²) in [6.07, 6.45) is 4.29. The van der Waals surface area contributed by atoms with E-state index in [0.29, 0.717) is 18.3 Å². The summed E-state index contributed by atoms with van der Waals surface area (Å²) in [5.74, 6) is 0.766. The van der Waals surface area contributed by atoms with E-state index >= 15 is 0 Å². The number of hydrogen-bond acceptors (Lipinski definition) is 6. The van der Waals surface area contributed by atoms with E-state index in [9.17, 15) is 10.1 Å². The SMILES string of the molecule is N#Cc1cc([N+](=O)[O-])cnc1NC1CCCC1CN. The van der Waals surface area contributed by atoms with Crippen LogP contribution in [0, 0.1) is 27.4 Å². The van der Waals surface area contributed by atoms with Gasteiger partial charge in [0.05, 0.1) is 4.92 Å². The molecule has 0 radical (unpaired) electrons. The molecule has 0 spiro atoms. The van der Waals surface area contributed by atoms with Crippen molar-refractivity contribution in [1.82, 2.24) is 4.98 Å². The lowest BCUT2D eigenvalue weighted by atomic mass is 10.0. The lowest BCUT2D eigenvalue weighted by Crippen LogP contribution is -2.30. The number of rotatable bonds is 4. The Labute approximate surface area is 110 Å². The Morgan fingerprint density at radius 3 is 3.05 bits per heavy atom. The summed E-state index contributed by atoms with van der Waals surface area (Å²) < 4.78 is 0. The first-order chi connectivity index (χ1) is 9.15. The van der Waals surface area contributed by atoms with Gasteiger partial charge < -0.3 is 11.1 Å². The van der Waals surface area contributed by atoms with Gasteiger partial charge in [0.25, 0.3) is 5.69 Å². The number of hydrogen-bond donors (Lipinski definition) is 2. The van der Waals surface area contributed by atoms with Crippen molar-refractivity contribution in [2.45, 2.75) is 25.3 Å². The molecule has 2 rings (SSSR count). The quantitative estimate of drug-likeness (QED) is 0.624. The summed E-state index contributed by atoms with van der Waals surface area (Å²) in [6, 6.07) is 3.36. The minimum atomic E-state index is -0.560. The lowest BCUT2D eigenvalue weighted by Gasteiger charge is -2.20. The number of nitrogens with one attached hydrogen (secondary N) is 1. The Bertz CT molecular complexity index is 525. The third kappa shape index (κ3) is 2.80. The van der Waals surface area contributed by atoms with E-state index in [1.54, 1.807) is 0 Å². The van der Waals surface area contributed by atoms with Crippen LogP contribution in [0.4, 0.5) is 11.5 Å². The Kier molecular flexibility index (Phi) is 3.92. The van der Waals surface area contributed by atoms with E-state index in [1.807, 2.05) is 6.07 Å². The molecule has 3 N–H and O–H groups in total. The van der Waals surface area contributed by atoms with Crippen molar-refractivity contribution in [2.24, 2.45) is 11.7 Å². The third-order valence-corrected chi connectivity index (χ3v) is 3.49. The van der Waals surface area contributed by atoms with Crippen molar-refractivity contribution in [3.8, 4) is 6.07 Å². The second-order valence-corrected chi connectivity index (χ2v) is 4.64. The third-order valence-electron chi connectivity index (χ3n) is 3.49. The fourth-order valence-electron chi connectivity index (χ4n) is 2.44. The number of anilines is 1. The van der Waals surface area contributed by atoms with Crippen LogP contribution in [-0.4, -0.2) is 22.5 Å². The van der Waals surface area contributed by atoms with Gasteiger partial charge in [-0.3, -0.25) is 10.1 Å². The van der Waals surface area contributed by atoms with Gasteiger partial charge in [0, 0.05) is 12.1 Å². The van der Waals surface area contributed by atoms with E-state index in [4.69, 9.17) is 11.0 Å². The van der Waals surface area contributed by atoms with Crippen molar-refractivity contribution in [2.75, 3.05) is 11.9 Å².